The minimum absolute atomic E-state index is 0.0193. The van der Waals surface area contributed by atoms with Crippen molar-refractivity contribution in [3.05, 3.63) is 65.7 Å². The Morgan fingerprint density at radius 2 is 1.68 bits per heavy atom. The molecule has 1 unspecified atom stereocenters. The van der Waals surface area contributed by atoms with Crippen LogP contribution in [-0.2, 0) is 17.2 Å². The molecule has 0 aliphatic heterocycles. The Labute approximate surface area is 135 Å². The van der Waals surface area contributed by atoms with Gasteiger partial charge in [0.2, 0.25) is 0 Å². The molecule has 118 valence electrons. The minimum Gasteiger partial charge on any atom is -0.393 e. The fourth-order valence-corrected chi connectivity index (χ4v) is 3.71. The van der Waals surface area contributed by atoms with Crippen LogP contribution in [0.5, 0.6) is 0 Å². The van der Waals surface area contributed by atoms with Gasteiger partial charge in [0.1, 0.15) is 0 Å². The molecule has 0 aliphatic carbocycles. The molecule has 3 heteroatoms. The maximum absolute atomic E-state index is 12.3. The van der Waals surface area contributed by atoms with Gasteiger partial charge < -0.3 is 5.11 Å². The average Bonchev–Trinajstić information content (AvgIpc) is 2.54. The van der Waals surface area contributed by atoms with E-state index in [4.69, 9.17) is 0 Å². The van der Waals surface area contributed by atoms with Gasteiger partial charge in [-0.25, -0.2) is 0 Å². The lowest BCUT2D eigenvalue weighted by Crippen LogP contribution is -2.23. The number of hydrogen-bond acceptors (Lipinski definition) is 2. The molecule has 0 fully saturated rings. The summed E-state index contributed by atoms with van der Waals surface area (Å²) in [6.07, 6.45) is 1.13. The summed E-state index contributed by atoms with van der Waals surface area (Å²) in [6.45, 7) is 3.99. The fraction of sp³-hybridized carbons (Fsp3) is 0.368. The summed E-state index contributed by atoms with van der Waals surface area (Å²) < 4.78 is 12.3. The SMILES string of the molecule is Cc1ccc(S(=O)C[C@H](C)[C@H](O)CCc2ccccc2)cc1. The summed E-state index contributed by atoms with van der Waals surface area (Å²) >= 11 is 0. The van der Waals surface area contributed by atoms with Crippen molar-refractivity contribution in [2.24, 2.45) is 5.92 Å². The van der Waals surface area contributed by atoms with Gasteiger partial charge in [0.25, 0.3) is 0 Å². The lowest BCUT2D eigenvalue weighted by molar-refractivity contribution is 0.118. The quantitative estimate of drug-likeness (QED) is 0.845. The molecule has 0 radical (unpaired) electrons. The summed E-state index contributed by atoms with van der Waals surface area (Å²) in [5.41, 5.74) is 2.39. The standard InChI is InChI=1S/C19H24O2S/c1-15-8-11-18(12-9-15)22(21)14-16(2)19(20)13-10-17-6-4-3-5-7-17/h3-9,11-12,16,19-20H,10,13-14H2,1-2H3/t16-,19+,22?/m0/s1. The first-order valence-electron chi connectivity index (χ1n) is 7.73. The Kier molecular flexibility index (Phi) is 6.34. The van der Waals surface area contributed by atoms with Crippen LogP contribution in [0.15, 0.2) is 59.5 Å². The lowest BCUT2D eigenvalue weighted by atomic mass is 9.99. The number of rotatable bonds is 7. The van der Waals surface area contributed by atoms with Crippen molar-refractivity contribution in [2.75, 3.05) is 5.75 Å². The molecule has 0 saturated heterocycles. The van der Waals surface area contributed by atoms with E-state index in [0.29, 0.717) is 12.2 Å². The topological polar surface area (TPSA) is 37.3 Å². The molecule has 0 bridgehead atoms. The van der Waals surface area contributed by atoms with Gasteiger partial charge in [0.05, 0.1) is 16.9 Å². The first-order valence-corrected chi connectivity index (χ1v) is 9.05. The molecule has 0 amide bonds. The average molecular weight is 316 g/mol. The predicted octanol–water partition coefficient (Wildman–Crippen LogP) is 3.73. The van der Waals surface area contributed by atoms with E-state index in [1.807, 2.05) is 56.3 Å². The van der Waals surface area contributed by atoms with Crippen LogP contribution in [0.2, 0.25) is 0 Å². The molecule has 0 aliphatic rings. The Bertz CT molecular complexity index is 593. The van der Waals surface area contributed by atoms with Gasteiger partial charge in [-0.15, -0.1) is 0 Å². The largest absolute Gasteiger partial charge is 0.393 e. The van der Waals surface area contributed by atoms with Gasteiger partial charge in [-0.1, -0.05) is 55.0 Å². The third-order valence-corrected chi connectivity index (χ3v) is 5.55. The van der Waals surface area contributed by atoms with Crippen molar-refractivity contribution in [3.63, 3.8) is 0 Å². The summed E-state index contributed by atoms with van der Waals surface area (Å²) in [6, 6.07) is 17.9. The number of hydrogen-bond donors (Lipinski definition) is 1. The predicted molar refractivity (Wildman–Crippen MR) is 92.4 cm³/mol. The second-order valence-corrected chi connectivity index (χ2v) is 7.39. The van der Waals surface area contributed by atoms with Crippen LogP contribution in [-0.4, -0.2) is 21.2 Å². The zero-order valence-corrected chi connectivity index (χ0v) is 14.1. The van der Waals surface area contributed by atoms with Crippen LogP contribution in [0.3, 0.4) is 0 Å². The highest BCUT2D eigenvalue weighted by molar-refractivity contribution is 7.85. The van der Waals surface area contributed by atoms with Gasteiger partial charge in [0.15, 0.2) is 0 Å². The highest BCUT2D eigenvalue weighted by atomic mass is 32.2. The van der Waals surface area contributed by atoms with Gasteiger partial charge in [-0.3, -0.25) is 4.21 Å². The van der Waals surface area contributed by atoms with E-state index in [9.17, 15) is 9.32 Å². The van der Waals surface area contributed by atoms with E-state index >= 15 is 0 Å². The van der Waals surface area contributed by atoms with E-state index < -0.39 is 16.9 Å². The van der Waals surface area contributed by atoms with Gasteiger partial charge in [-0.2, -0.15) is 0 Å². The summed E-state index contributed by atoms with van der Waals surface area (Å²) in [5, 5.41) is 10.3. The molecule has 3 atom stereocenters. The molecular weight excluding hydrogens is 292 g/mol. The summed E-state index contributed by atoms with van der Waals surface area (Å²) in [7, 11) is -1.05. The van der Waals surface area contributed by atoms with Crippen molar-refractivity contribution in [3.8, 4) is 0 Å². The highest BCUT2D eigenvalue weighted by Gasteiger charge is 2.18. The van der Waals surface area contributed by atoms with Crippen LogP contribution >= 0.6 is 0 Å². The molecule has 0 aromatic heterocycles. The number of aliphatic hydroxyl groups is 1. The van der Waals surface area contributed by atoms with Crippen LogP contribution in [0.4, 0.5) is 0 Å². The molecule has 2 rings (SSSR count). The summed E-state index contributed by atoms with van der Waals surface area (Å²) in [4.78, 5) is 0.840. The highest BCUT2D eigenvalue weighted by Crippen LogP contribution is 2.16. The lowest BCUT2D eigenvalue weighted by Gasteiger charge is -2.18. The number of aryl methyl sites for hydroxylation is 2. The molecule has 1 N–H and O–H groups in total. The normalized spacial score (nSPS) is 15.2. The first kappa shape index (κ1) is 16.9. The maximum Gasteiger partial charge on any atom is 0.0577 e. The van der Waals surface area contributed by atoms with Gasteiger partial charge in [0, 0.05) is 10.6 Å². The van der Waals surface area contributed by atoms with Crippen molar-refractivity contribution < 1.29 is 9.32 Å². The van der Waals surface area contributed by atoms with Gasteiger partial charge in [-0.05, 0) is 43.4 Å². The molecule has 0 heterocycles. The third-order valence-electron chi connectivity index (χ3n) is 3.93. The van der Waals surface area contributed by atoms with Crippen LogP contribution < -0.4 is 0 Å². The van der Waals surface area contributed by atoms with Crippen molar-refractivity contribution >= 4 is 10.8 Å². The van der Waals surface area contributed by atoms with Crippen LogP contribution in [0.1, 0.15) is 24.5 Å². The Hall–Kier alpha value is -1.45. The van der Waals surface area contributed by atoms with Crippen molar-refractivity contribution in [1.82, 2.24) is 0 Å². The van der Waals surface area contributed by atoms with Crippen LogP contribution in [0, 0.1) is 12.8 Å². The number of benzene rings is 2. The monoisotopic (exact) mass is 316 g/mol. The van der Waals surface area contributed by atoms with Crippen molar-refractivity contribution in [1.29, 1.82) is 0 Å². The molecule has 22 heavy (non-hydrogen) atoms. The van der Waals surface area contributed by atoms with Crippen molar-refractivity contribution in [2.45, 2.75) is 37.7 Å². The Balaban J connectivity index is 1.84. The number of aliphatic hydroxyl groups excluding tert-OH is 1. The second kappa shape index (κ2) is 8.25. The zero-order valence-electron chi connectivity index (χ0n) is 13.2. The molecule has 0 spiro atoms. The Morgan fingerprint density at radius 1 is 1.05 bits per heavy atom. The smallest absolute Gasteiger partial charge is 0.0577 e. The third kappa shape index (κ3) is 5.08. The molecular formula is C19H24O2S. The maximum atomic E-state index is 12.3. The van der Waals surface area contributed by atoms with E-state index in [1.54, 1.807) is 0 Å². The van der Waals surface area contributed by atoms with Crippen LogP contribution in [0.25, 0.3) is 0 Å². The van der Waals surface area contributed by atoms with E-state index in [1.165, 1.54) is 5.56 Å². The first-order chi connectivity index (χ1) is 10.6. The molecule has 2 aromatic carbocycles. The van der Waals surface area contributed by atoms with E-state index in [2.05, 4.69) is 12.1 Å². The summed E-state index contributed by atoms with van der Waals surface area (Å²) in [5.74, 6) is 0.518. The Morgan fingerprint density at radius 3 is 2.32 bits per heavy atom. The zero-order chi connectivity index (χ0) is 15.9. The molecule has 2 aromatic rings. The fourth-order valence-electron chi connectivity index (χ4n) is 2.38. The minimum atomic E-state index is -1.05. The van der Waals surface area contributed by atoms with Gasteiger partial charge >= 0.3 is 0 Å². The van der Waals surface area contributed by atoms with E-state index in [0.717, 1.165) is 16.9 Å². The second-order valence-electron chi connectivity index (χ2n) is 5.89. The van der Waals surface area contributed by atoms with E-state index in [-0.39, 0.29) is 5.92 Å². The molecule has 0 saturated carbocycles. The molecule has 2 nitrogen and oxygen atoms in total.